The number of likely N-dealkylation sites (tertiary alicyclic amines) is 1. The van der Waals surface area contributed by atoms with E-state index in [0.717, 1.165) is 73.6 Å². The minimum Gasteiger partial charge on any atom is -0.353 e. The van der Waals surface area contributed by atoms with Gasteiger partial charge in [0.1, 0.15) is 5.69 Å². The first kappa shape index (κ1) is 19.1. The average Bonchev–Trinajstić information content (AvgIpc) is 3.48. The molecule has 162 valence electrons. The standard InChI is InChI=1S/C25H31N5O/c1-15-16-7-6-8-17-18-13-21-19(14-20(18)26-22(17)23(16)28-27-15)25(2,3)24(31)30(21)12-11-29-9-4-5-10-29/h13-14,26H,4-12H2,1-3H3,(H,27,28). The number of aromatic nitrogens is 3. The molecule has 3 aromatic rings. The third-order valence-corrected chi connectivity index (χ3v) is 7.77. The highest BCUT2D eigenvalue weighted by Gasteiger charge is 2.44. The summed E-state index contributed by atoms with van der Waals surface area (Å²) in [5.74, 6) is 0.227. The predicted octanol–water partition coefficient (Wildman–Crippen LogP) is 4.08. The molecule has 2 N–H and O–H groups in total. The molecule has 0 spiro atoms. The van der Waals surface area contributed by atoms with Gasteiger partial charge in [-0.25, -0.2) is 0 Å². The van der Waals surface area contributed by atoms with Gasteiger partial charge in [0, 0.05) is 40.9 Å². The summed E-state index contributed by atoms with van der Waals surface area (Å²) in [6.45, 7) is 10.3. The number of nitrogens with one attached hydrogen (secondary N) is 2. The van der Waals surface area contributed by atoms with Gasteiger partial charge >= 0.3 is 0 Å². The zero-order valence-corrected chi connectivity index (χ0v) is 18.8. The smallest absolute Gasteiger partial charge is 0.237 e. The van der Waals surface area contributed by atoms with Crippen LogP contribution in [0.3, 0.4) is 0 Å². The van der Waals surface area contributed by atoms with Crippen LogP contribution in [0.4, 0.5) is 5.69 Å². The van der Waals surface area contributed by atoms with Gasteiger partial charge in [-0.1, -0.05) is 0 Å². The largest absolute Gasteiger partial charge is 0.353 e. The number of fused-ring (bicyclic) bond motifs is 6. The molecule has 0 atom stereocenters. The monoisotopic (exact) mass is 417 g/mol. The molecule has 1 aromatic carbocycles. The number of aromatic amines is 2. The molecule has 1 fully saturated rings. The lowest BCUT2D eigenvalue weighted by atomic mass is 9.85. The minimum atomic E-state index is -0.495. The third-order valence-electron chi connectivity index (χ3n) is 7.77. The van der Waals surface area contributed by atoms with Gasteiger partial charge in [0.25, 0.3) is 0 Å². The Bertz CT molecular complexity index is 1190. The molecular formula is C25H31N5O. The van der Waals surface area contributed by atoms with Crippen LogP contribution in [-0.4, -0.2) is 52.2 Å². The van der Waals surface area contributed by atoms with E-state index < -0.39 is 5.41 Å². The average molecular weight is 418 g/mol. The minimum absolute atomic E-state index is 0.227. The van der Waals surface area contributed by atoms with Crippen LogP contribution in [0.2, 0.25) is 0 Å². The molecule has 1 saturated heterocycles. The first-order chi connectivity index (χ1) is 14.9. The zero-order chi connectivity index (χ0) is 21.3. The summed E-state index contributed by atoms with van der Waals surface area (Å²) in [6, 6.07) is 4.51. The molecule has 6 nitrogen and oxygen atoms in total. The van der Waals surface area contributed by atoms with Gasteiger partial charge in [0.2, 0.25) is 5.91 Å². The Morgan fingerprint density at radius 2 is 1.84 bits per heavy atom. The third kappa shape index (κ3) is 2.73. The van der Waals surface area contributed by atoms with E-state index in [1.807, 2.05) is 4.90 Å². The van der Waals surface area contributed by atoms with E-state index in [-0.39, 0.29) is 5.91 Å². The summed E-state index contributed by atoms with van der Waals surface area (Å²) in [5, 5.41) is 9.06. The summed E-state index contributed by atoms with van der Waals surface area (Å²) in [5.41, 5.74) is 8.95. The van der Waals surface area contributed by atoms with Crippen LogP contribution in [0.1, 0.15) is 55.5 Å². The number of benzene rings is 1. The van der Waals surface area contributed by atoms with Gasteiger partial charge in [-0.3, -0.25) is 9.89 Å². The van der Waals surface area contributed by atoms with E-state index in [1.165, 1.54) is 35.0 Å². The van der Waals surface area contributed by atoms with Gasteiger partial charge in [-0.2, -0.15) is 5.10 Å². The maximum atomic E-state index is 13.4. The lowest BCUT2D eigenvalue weighted by molar-refractivity contribution is -0.122. The first-order valence-electron chi connectivity index (χ1n) is 11.7. The van der Waals surface area contributed by atoms with E-state index in [4.69, 9.17) is 0 Å². The number of carbonyl (C=O) groups is 1. The second kappa shape index (κ2) is 6.70. The Balaban J connectivity index is 1.46. The Morgan fingerprint density at radius 1 is 1.06 bits per heavy atom. The quantitative estimate of drug-likeness (QED) is 0.675. The van der Waals surface area contributed by atoms with Crippen molar-refractivity contribution in [3.05, 3.63) is 34.5 Å². The normalized spacial score (nSPS) is 20.2. The molecule has 2 aliphatic heterocycles. The molecule has 6 rings (SSSR count). The van der Waals surface area contributed by atoms with E-state index in [1.54, 1.807) is 0 Å². The SMILES string of the molecule is Cc1[nH]nc2c1CCCc1c-2[nH]c2cc3c(cc12)N(CCN1CCCC1)C(=O)C3(C)C. The van der Waals surface area contributed by atoms with Crippen LogP contribution in [0.5, 0.6) is 0 Å². The van der Waals surface area contributed by atoms with Crippen LogP contribution in [-0.2, 0) is 23.1 Å². The van der Waals surface area contributed by atoms with Crippen molar-refractivity contribution in [3.63, 3.8) is 0 Å². The number of rotatable bonds is 3. The number of carbonyl (C=O) groups excluding carboxylic acids is 1. The Labute approximate surface area is 183 Å². The van der Waals surface area contributed by atoms with Crippen LogP contribution in [0, 0.1) is 6.92 Å². The van der Waals surface area contributed by atoms with Crippen molar-refractivity contribution in [3.8, 4) is 11.4 Å². The van der Waals surface area contributed by atoms with E-state index >= 15 is 0 Å². The van der Waals surface area contributed by atoms with Gasteiger partial charge in [-0.05, 0) is 89.2 Å². The van der Waals surface area contributed by atoms with Crippen molar-refractivity contribution >= 4 is 22.5 Å². The lowest BCUT2D eigenvalue weighted by Crippen LogP contribution is -2.40. The molecule has 2 aromatic heterocycles. The first-order valence-corrected chi connectivity index (χ1v) is 11.7. The van der Waals surface area contributed by atoms with E-state index in [9.17, 15) is 4.79 Å². The second-order valence-electron chi connectivity index (χ2n) is 10.1. The molecule has 0 bridgehead atoms. The van der Waals surface area contributed by atoms with Crippen molar-refractivity contribution in [1.29, 1.82) is 0 Å². The fourth-order valence-electron chi connectivity index (χ4n) is 5.91. The maximum absolute atomic E-state index is 13.4. The molecule has 0 radical (unpaired) electrons. The van der Waals surface area contributed by atoms with Gasteiger partial charge in [0.05, 0.1) is 11.1 Å². The number of amides is 1. The number of nitrogens with zero attached hydrogens (tertiary/aromatic N) is 3. The van der Waals surface area contributed by atoms with Crippen molar-refractivity contribution in [2.45, 2.75) is 58.3 Å². The van der Waals surface area contributed by atoms with Crippen molar-refractivity contribution < 1.29 is 4.79 Å². The summed E-state index contributed by atoms with van der Waals surface area (Å²) in [7, 11) is 0. The number of anilines is 1. The predicted molar refractivity (Wildman–Crippen MR) is 124 cm³/mol. The maximum Gasteiger partial charge on any atom is 0.237 e. The van der Waals surface area contributed by atoms with Gasteiger partial charge in [-0.15, -0.1) is 0 Å². The Morgan fingerprint density at radius 3 is 2.65 bits per heavy atom. The molecule has 0 saturated carbocycles. The Kier molecular flexibility index (Phi) is 4.13. The van der Waals surface area contributed by atoms with Crippen molar-refractivity contribution in [1.82, 2.24) is 20.1 Å². The summed E-state index contributed by atoms with van der Waals surface area (Å²) in [6.07, 6.45) is 5.77. The summed E-state index contributed by atoms with van der Waals surface area (Å²) < 4.78 is 0. The molecule has 1 amide bonds. The molecule has 6 heteroatoms. The van der Waals surface area contributed by atoms with Crippen molar-refractivity contribution in [2.75, 3.05) is 31.1 Å². The number of H-pyrrole nitrogens is 2. The summed E-state index contributed by atoms with van der Waals surface area (Å²) >= 11 is 0. The number of hydrogen-bond donors (Lipinski definition) is 2. The van der Waals surface area contributed by atoms with Crippen LogP contribution >= 0.6 is 0 Å². The molecule has 4 heterocycles. The molecular weight excluding hydrogens is 386 g/mol. The topological polar surface area (TPSA) is 68.0 Å². The highest BCUT2D eigenvalue weighted by Crippen LogP contribution is 2.46. The highest BCUT2D eigenvalue weighted by atomic mass is 16.2. The number of aryl methyl sites for hydroxylation is 2. The van der Waals surface area contributed by atoms with Crippen LogP contribution < -0.4 is 4.90 Å². The fraction of sp³-hybridized carbons (Fsp3) is 0.520. The van der Waals surface area contributed by atoms with Crippen LogP contribution in [0.25, 0.3) is 22.3 Å². The van der Waals surface area contributed by atoms with E-state index in [0.29, 0.717) is 0 Å². The Hall–Kier alpha value is -2.60. The molecule has 0 unspecified atom stereocenters. The fourth-order valence-corrected chi connectivity index (χ4v) is 5.91. The number of hydrogen-bond acceptors (Lipinski definition) is 3. The zero-order valence-electron chi connectivity index (χ0n) is 18.8. The highest BCUT2D eigenvalue weighted by molar-refractivity contribution is 6.10. The van der Waals surface area contributed by atoms with Gasteiger partial charge in [0.15, 0.2) is 0 Å². The van der Waals surface area contributed by atoms with Gasteiger partial charge < -0.3 is 14.8 Å². The summed E-state index contributed by atoms with van der Waals surface area (Å²) in [4.78, 5) is 21.6. The van der Waals surface area contributed by atoms with Crippen LogP contribution in [0.15, 0.2) is 12.1 Å². The second-order valence-corrected chi connectivity index (χ2v) is 10.1. The lowest BCUT2D eigenvalue weighted by Gasteiger charge is -2.23. The molecule has 3 aliphatic rings. The van der Waals surface area contributed by atoms with Crippen molar-refractivity contribution in [2.24, 2.45) is 0 Å². The molecule has 1 aliphatic carbocycles. The molecule has 31 heavy (non-hydrogen) atoms. The van der Waals surface area contributed by atoms with E-state index in [2.05, 4.69) is 53.0 Å².